The quantitative estimate of drug-likeness (QED) is 0.377. The molecule has 1 aliphatic rings. The highest BCUT2D eigenvalue weighted by molar-refractivity contribution is 6.37. The summed E-state index contributed by atoms with van der Waals surface area (Å²) >= 11 is 0. The predicted molar refractivity (Wildman–Crippen MR) is 103 cm³/mol. The molecule has 1 saturated carbocycles. The minimum atomic E-state index is -4.85. The summed E-state index contributed by atoms with van der Waals surface area (Å²) in [7, 11) is 0. The summed E-state index contributed by atoms with van der Waals surface area (Å²) in [6.45, 7) is 2.17. The predicted octanol–water partition coefficient (Wildman–Crippen LogP) is 2.74. The standard InChI is InChI=1S/C18H20F5N3O3.C2H6/c19-8-7-13(16(28)24-9-14(27)17(29)25-12-5-6-12)26-15(18(21,22)23)10-1-3-11(20)4-2-10;1-2/h1-4,12-13,15,26H,5-9H2,(H,24,28)(H,25,29);1-2H3. The van der Waals surface area contributed by atoms with Crippen LogP contribution in [0.2, 0.25) is 0 Å². The molecule has 11 heteroatoms. The maximum atomic E-state index is 13.4. The first-order chi connectivity index (χ1) is 14.6. The van der Waals surface area contributed by atoms with E-state index < -0.39 is 61.3 Å². The molecule has 2 unspecified atom stereocenters. The number of ketones is 1. The molecule has 0 heterocycles. The zero-order valence-electron chi connectivity index (χ0n) is 17.2. The van der Waals surface area contributed by atoms with Gasteiger partial charge in [-0.3, -0.25) is 24.1 Å². The summed E-state index contributed by atoms with van der Waals surface area (Å²) in [5.41, 5.74) is -0.365. The van der Waals surface area contributed by atoms with E-state index in [1.54, 1.807) is 0 Å². The molecular formula is C20H26F5N3O3. The van der Waals surface area contributed by atoms with E-state index in [4.69, 9.17) is 0 Å². The van der Waals surface area contributed by atoms with Crippen LogP contribution in [-0.2, 0) is 14.4 Å². The van der Waals surface area contributed by atoms with Crippen molar-refractivity contribution in [3.05, 3.63) is 35.6 Å². The Labute approximate surface area is 177 Å². The van der Waals surface area contributed by atoms with Crippen molar-refractivity contribution < 1.29 is 36.3 Å². The minimum absolute atomic E-state index is 0.0774. The zero-order valence-corrected chi connectivity index (χ0v) is 17.2. The van der Waals surface area contributed by atoms with Crippen LogP contribution in [0.3, 0.4) is 0 Å². The monoisotopic (exact) mass is 451 g/mol. The Balaban J connectivity index is 0.00000233. The van der Waals surface area contributed by atoms with Crippen LogP contribution in [0.1, 0.15) is 44.7 Å². The van der Waals surface area contributed by atoms with Gasteiger partial charge in [-0.05, 0) is 30.5 Å². The van der Waals surface area contributed by atoms with E-state index in [2.05, 4.69) is 10.6 Å². The fraction of sp³-hybridized carbons (Fsp3) is 0.550. The topological polar surface area (TPSA) is 87.3 Å². The minimum Gasteiger partial charge on any atom is -0.347 e. The third-order valence-corrected chi connectivity index (χ3v) is 4.20. The molecule has 1 fully saturated rings. The third-order valence-electron chi connectivity index (χ3n) is 4.20. The molecule has 1 aromatic carbocycles. The highest BCUT2D eigenvalue weighted by Crippen LogP contribution is 2.33. The fourth-order valence-electron chi connectivity index (χ4n) is 2.50. The molecule has 2 atom stereocenters. The van der Waals surface area contributed by atoms with Crippen molar-refractivity contribution in [2.45, 2.75) is 57.4 Å². The van der Waals surface area contributed by atoms with Crippen LogP contribution in [0, 0.1) is 5.82 Å². The molecule has 0 aromatic heterocycles. The van der Waals surface area contributed by atoms with Crippen molar-refractivity contribution in [1.82, 2.24) is 16.0 Å². The molecular weight excluding hydrogens is 425 g/mol. The smallest absolute Gasteiger partial charge is 0.347 e. The normalized spacial score (nSPS) is 15.2. The number of halogens is 5. The summed E-state index contributed by atoms with van der Waals surface area (Å²) in [5, 5.41) is 6.48. The van der Waals surface area contributed by atoms with Crippen molar-refractivity contribution in [3.63, 3.8) is 0 Å². The van der Waals surface area contributed by atoms with Crippen LogP contribution in [-0.4, -0.2) is 49.1 Å². The molecule has 31 heavy (non-hydrogen) atoms. The average molecular weight is 451 g/mol. The lowest BCUT2D eigenvalue weighted by atomic mass is 10.0. The van der Waals surface area contributed by atoms with E-state index >= 15 is 0 Å². The van der Waals surface area contributed by atoms with Gasteiger partial charge in [0.05, 0.1) is 19.3 Å². The Kier molecular flexibility index (Phi) is 10.5. The second-order valence-corrected chi connectivity index (χ2v) is 6.61. The second-order valence-electron chi connectivity index (χ2n) is 6.61. The molecule has 2 amide bonds. The highest BCUT2D eigenvalue weighted by Gasteiger charge is 2.42. The summed E-state index contributed by atoms with van der Waals surface area (Å²) in [6.07, 6.45) is -3.96. The van der Waals surface area contributed by atoms with Crippen molar-refractivity contribution >= 4 is 17.6 Å². The van der Waals surface area contributed by atoms with E-state index in [0.29, 0.717) is 0 Å². The molecule has 0 radical (unpaired) electrons. The fourth-order valence-corrected chi connectivity index (χ4v) is 2.50. The number of rotatable bonds is 10. The number of carbonyl (C=O) groups is 3. The van der Waals surface area contributed by atoms with Gasteiger partial charge in [-0.1, -0.05) is 26.0 Å². The lowest BCUT2D eigenvalue weighted by Gasteiger charge is -2.27. The zero-order chi connectivity index (χ0) is 23.6. The van der Waals surface area contributed by atoms with Gasteiger partial charge in [-0.15, -0.1) is 0 Å². The Morgan fingerprint density at radius 3 is 2.16 bits per heavy atom. The van der Waals surface area contributed by atoms with E-state index in [0.717, 1.165) is 37.1 Å². The number of nitrogens with one attached hydrogen (secondary N) is 3. The first kappa shape index (κ1) is 26.5. The lowest BCUT2D eigenvalue weighted by molar-refractivity contribution is -0.161. The first-order valence-corrected chi connectivity index (χ1v) is 9.87. The van der Waals surface area contributed by atoms with Crippen molar-refractivity contribution in [2.75, 3.05) is 13.2 Å². The summed E-state index contributed by atoms with van der Waals surface area (Å²) in [6, 6.07) is -0.608. The van der Waals surface area contributed by atoms with Gasteiger partial charge in [0.1, 0.15) is 11.9 Å². The third kappa shape index (κ3) is 8.99. The average Bonchev–Trinajstić information content (AvgIpc) is 3.54. The summed E-state index contributed by atoms with van der Waals surface area (Å²) < 4.78 is 66.1. The van der Waals surface area contributed by atoms with Crippen LogP contribution in [0.25, 0.3) is 0 Å². The van der Waals surface area contributed by atoms with E-state index in [-0.39, 0.29) is 11.6 Å². The summed E-state index contributed by atoms with van der Waals surface area (Å²) in [5.74, 6) is -3.67. The molecule has 0 aliphatic heterocycles. The molecule has 3 N–H and O–H groups in total. The molecule has 0 saturated heterocycles. The Bertz CT molecular complexity index is 737. The van der Waals surface area contributed by atoms with Crippen molar-refractivity contribution in [3.8, 4) is 0 Å². The molecule has 2 rings (SSSR count). The number of benzene rings is 1. The summed E-state index contributed by atoms with van der Waals surface area (Å²) in [4.78, 5) is 35.4. The molecule has 6 nitrogen and oxygen atoms in total. The van der Waals surface area contributed by atoms with Crippen LogP contribution < -0.4 is 16.0 Å². The Hall–Kier alpha value is -2.56. The van der Waals surface area contributed by atoms with Crippen LogP contribution in [0.4, 0.5) is 22.0 Å². The van der Waals surface area contributed by atoms with Gasteiger partial charge < -0.3 is 10.6 Å². The van der Waals surface area contributed by atoms with Gasteiger partial charge >= 0.3 is 6.18 Å². The van der Waals surface area contributed by atoms with Crippen LogP contribution in [0.5, 0.6) is 0 Å². The first-order valence-electron chi connectivity index (χ1n) is 9.87. The number of alkyl halides is 4. The number of amides is 2. The van der Waals surface area contributed by atoms with Crippen molar-refractivity contribution in [1.29, 1.82) is 0 Å². The van der Waals surface area contributed by atoms with E-state index in [1.165, 1.54) is 0 Å². The number of Topliss-reactive ketones (excluding diaryl/α,β-unsaturated/α-hetero) is 1. The van der Waals surface area contributed by atoms with E-state index in [9.17, 15) is 36.3 Å². The highest BCUT2D eigenvalue weighted by atomic mass is 19.4. The van der Waals surface area contributed by atoms with Gasteiger partial charge in [0.25, 0.3) is 5.91 Å². The lowest BCUT2D eigenvalue weighted by Crippen LogP contribution is -2.51. The Morgan fingerprint density at radius 2 is 1.68 bits per heavy atom. The second kappa shape index (κ2) is 12.3. The van der Waals surface area contributed by atoms with Gasteiger partial charge in [-0.2, -0.15) is 13.2 Å². The molecule has 1 aliphatic carbocycles. The molecule has 0 spiro atoms. The Morgan fingerprint density at radius 1 is 1.10 bits per heavy atom. The number of hydrogen-bond donors (Lipinski definition) is 3. The van der Waals surface area contributed by atoms with Gasteiger partial charge in [0.15, 0.2) is 0 Å². The van der Waals surface area contributed by atoms with E-state index in [1.807, 2.05) is 19.2 Å². The maximum Gasteiger partial charge on any atom is 0.407 e. The van der Waals surface area contributed by atoms with Gasteiger partial charge in [0, 0.05) is 12.5 Å². The van der Waals surface area contributed by atoms with Gasteiger partial charge in [0.2, 0.25) is 11.7 Å². The largest absolute Gasteiger partial charge is 0.407 e. The number of carbonyl (C=O) groups excluding carboxylic acids is 3. The molecule has 0 bridgehead atoms. The van der Waals surface area contributed by atoms with Crippen LogP contribution >= 0.6 is 0 Å². The van der Waals surface area contributed by atoms with Crippen LogP contribution in [0.15, 0.2) is 24.3 Å². The molecule has 1 aromatic rings. The SMILES string of the molecule is CC.O=C(CNC(=O)C(CCF)NC(c1ccc(F)cc1)C(F)(F)F)C(=O)NC1CC1. The van der Waals surface area contributed by atoms with Crippen molar-refractivity contribution in [2.24, 2.45) is 0 Å². The number of hydrogen-bond acceptors (Lipinski definition) is 4. The van der Waals surface area contributed by atoms with Gasteiger partial charge in [-0.25, -0.2) is 4.39 Å². The maximum absolute atomic E-state index is 13.4. The molecule has 174 valence electrons.